The summed E-state index contributed by atoms with van der Waals surface area (Å²) >= 11 is 0. The van der Waals surface area contributed by atoms with Gasteiger partial charge in [-0.15, -0.1) is 0 Å². The Morgan fingerprint density at radius 3 is 2.22 bits per heavy atom. The van der Waals surface area contributed by atoms with E-state index in [0.29, 0.717) is 12.2 Å². The van der Waals surface area contributed by atoms with E-state index in [-0.39, 0.29) is 36.7 Å². The molecule has 3 aliphatic heterocycles. The van der Waals surface area contributed by atoms with Gasteiger partial charge in [-0.25, -0.2) is 0 Å². The van der Waals surface area contributed by atoms with E-state index in [9.17, 15) is 9.59 Å². The van der Waals surface area contributed by atoms with E-state index in [2.05, 4.69) is 27.7 Å². The zero-order chi connectivity index (χ0) is 19.7. The predicted molar refractivity (Wildman–Crippen MR) is 105 cm³/mol. The summed E-state index contributed by atoms with van der Waals surface area (Å²) in [6, 6.07) is 0. The summed E-state index contributed by atoms with van der Waals surface area (Å²) in [5, 5.41) is 0. The van der Waals surface area contributed by atoms with Gasteiger partial charge >= 0.3 is 7.12 Å². The maximum atomic E-state index is 12.7. The average Bonchev–Trinajstić information content (AvgIpc) is 2.82. The topological polar surface area (TPSA) is 59.1 Å². The van der Waals surface area contributed by atoms with E-state index in [0.717, 1.165) is 58.2 Å². The first-order valence-corrected chi connectivity index (χ1v) is 10.6. The normalized spacial score (nSPS) is 26.8. The van der Waals surface area contributed by atoms with Gasteiger partial charge < -0.3 is 19.1 Å². The summed E-state index contributed by atoms with van der Waals surface area (Å²) in [6.07, 6.45) is 6.58. The number of likely N-dealkylation sites (tertiary alicyclic amines) is 2. The van der Waals surface area contributed by atoms with Gasteiger partial charge in [-0.1, -0.05) is 12.8 Å². The predicted octanol–water partition coefficient (Wildman–Crippen LogP) is 2.86. The van der Waals surface area contributed by atoms with E-state index in [1.807, 2.05) is 4.90 Å². The highest BCUT2D eigenvalue weighted by atomic mass is 16.7. The summed E-state index contributed by atoms with van der Waals surface area (Å²) < 4.78 is 12.4. The SMILES string of the molecule is CC1(C)OB(C2CCN(C(=O)CN3CCCCCCC3=O)CC2)OC1(C)C. The van der Waals surface area contributed by atoms with Gasteiger partial charge in [-0.2, -0.15) is 0 Å². The molecule has 0 aromatic carbocycles. The van der Waals surface area contributed by atoms with Crippen LogP contribution in [0, 0.1) is 0 Å². The molecule has 2 amide bonds. The van der Waals surface area contributed by atoms with Crippen LogP contribution in [0.15, 0.2) is 0 Å². The minimum Gasteiger partial charge on any atom is -0.403 e. The molecule has 0 aromatic heterocycles. The van der Waals surface area contributed by atoms with Gasteiger partial charge in [0.25, 0.3) is 0 Å². The van der Waals surface area contributed by atoms with Crippen molar-refractivity contribution in [3.8, 4) is 0 Å². The van der Waals surface area contributed by atoms with Gasteiger partial charge in [0.1, 0.15) is 0 Å². The first kappa shape index (κ1) is 20.7. The zero-order valence-electron chi connectivity index (χ0n) is 17.5. The van der Waals surface area contributed by atoms with Crippen molar-refractivity contribution < 1.29 is 18.9 Å². The Kier molecular flexibility index (Phi) is 6.21. The van der Waals surface area contributed by atoms with Gasteiger partial charge in [0, 0.05) is 26.1 Å². The second-order valence-electron chi connectivity index (χ2n) is 9.32. The van der Waals surface area contributed by atoms with E-state index in [1.54, 1.807) is 4.90 Å². The third-order valence-corrected chi connectivity index (χ3v) is 6.80. The second kappa shape index (κ2) is 8.12. The minimum absolute atomic E-state index is 0.0799. The number of piperidine rings is 1. The molecule has 0 atom stereocenters. The molecule has 3 rings (SSSR count). The lowest BCUT2D eigenvalue weighted by atomic mass is 9.67. The van der Waals surface area contributed by atoms with Crippen LogP contribution >= 0.6 is 0 Å². The van der Waals surface area contributed by atoms with Crippen LogP contribution in [0.4, 0.5) is 0 Å². The zero-order valence-corrected chi connectivity index (χ0v) is 17.5. The van der Waals surface area contributed by atoms with E-state index < -0.39 is 0 Å². The molecule has 0 bridgehead atoms. The highest BCUT2D eigenvalue weighted by molar-refractivity contribution is 6.47. The van der Waals surface area contributed by atoms with E-state index in [1.165, 1.54) is 0 Å². The van der Waals surface area contributed by atoms with Crippen LogP contribution in [0.1, 0.15) is 72.6 Å². The molecule has 7 heteroatoms. The lowest BCUT2D eigenvalue weighted by Crippen LogP contribution is -2.47. The van der Waals surface area contributed by atoms with Crippen LogP contribution in [0.3, 0.4) is 0 Å². The van der Waals surface area contributed by atoms with Crippen molar-refractivity contribution in [1.82, 2.24) is 9.80 Å². The molecule has 0 N–H and O–H groups in total. The van der Waals surface area contributed by atoms with Gasteiger partial charge in [0.05, 0.1) is 17.7 Å². The Morgan fingerprint density at radius 2 is 1.59 bits per heavy atom. The molecule has 3 aliphatic rings. The molecule has 3 heterocycles. The molecular weight excluding hydrogens is 343 g/mol. The maximum Gasteiger partial charge on any atom is 0.461 e. The molecule has 27 heavy (non-hydrogen) atoms. The molecule has 0 aliphatic carbocycles. The minimum atomic E-state index is -0.309. The van der Waals surface area contributed by atoms with E-state index in [4.69, 9.17) is 9.31 Å². The highest BCUT2D eigenvalue weighted by Crippen LogP contribution is 2.42. The lowest BCUT2D eigenvalue weighted by molar-refractivity contribution is -0.141. The molecule has 6 nitrogen and oxygen atoms in total. The third kappa shape index (κ3) is 4.68. The first-order chi connectivity index (χ1) is 12.7. The molecule has 0 aromatic rings. The van der Waals surface area contributed by atoms with Crippen LogP contribution < -0.4 is 0 Å². The van der Waals surface area contributed by atoms with Crippen molar-refractivity contribution in [1.29, 1.82) is 0 Å². The van der Waals surface area contributed by atoms with Crippen LogP contribution in [0.5, 0.6) is 0 Å². The largest absolute Gasteiger partial charge is 0.461 e. The quantitative estimate of drug-likeness (QED) is 0.709. The molecule has 0 saturated carbocycles. The Hall–Kier alpha value is -1.08. The molecule has 152 valence electrons. The molecule has 0 spiro atoms. The van der Waals surface area contributed by atoms with Gasteiger partial charge in [0.15, 0.2) is 0 Å². The smallest absolute Gasteiger partial charge is 0.403 e. The molecule has 0 unspecified atom stereocenters. The fourth-order valence-corrected chi connectivity index (χ4v) is 4.15. The summed E-state index contributed by atoms with van der Waals surface area (Å²) in [4.78, 5) is 28.6. The highest BCUT2D eigenvalue weighted by Gasteiger charge is 2.53. The number of rotatable bonds is 3. The Morgan fingerprint density at radius 1 is 1.00 bits per heavy atom. The number of hydrogen-bond acceptors (Lipinski definition) is 4. The number of hydrogen-bond donors (Lipinski definition) is 0. The van der Waals surface area contributed by atoms with E-state index >= 15 is 0 Å². The van der Waals surface area contributed by atoms with Gasteiger partial charge in [0.2, 0.25) is 11.8 Å². The molecule has 3 saturated heterocycles. The third-order valence-electron chi connectivity index (χ3n) is 6.80. The first-order valence-electron chi connectivity index (χ1n) is 10.6. The van der Waals surface area contributed by atoms with Crippen molar-refractivity contribution in [3.05, 3.63) is 0 Å². The maximum absolute atomic E-state index is 12.7. The van der Waals surface area contributed by atoms with Crippen molar-refractivity contribution in [3.63, 3.8) is 0 Å². The summed E-state index contributed by atoms with van der Waals surface area (Å²) in [6.45, 7) is 10.7. The fourth-order valence-electron chi connectivity index (χ4n) is 4.15. The number of amides is 2. The summed E-state index contributed by atoms with van der Waals surface area (Å²) in [7, 11) is -0.191. The van der Waals surface area contributed by atoms with Crippen molar-refractivity contribution in [2.75, 3.05) is 26.2 Å². The molecule has 3 fully saturated rings. The lowest BCUT2D eigenvalue weighted by Gasteiger charge is -2.34. The standard InChI is InChI=1S/C20H35BN2O4/c1-19(2)20(3,4)27-21(26-19)16-10-13-22(14-11-16)18(25)15-23-12-8-6-5-7-9-17(23)24/h16H,5-15H2,1-4H3. The monoisotopic (exact) mass is 378 g/mol. The number of carbonyl (C=O) groups excluding carboxylic acids is 2. The van der Waals surface area contributed by atoms with Gasteiger partial charge in [-0.05, 0) is 59.2 Å². The summed E-state index contributed by atoms with van der Waals surface area (Å²) in [5.74, 6) is 0.532. The van der Waals surface area contributed by atoms with Crippen molar-refractivity contribution in [2.24, 2.45) is 0 Å². The van der Waals surface area contributed by atoms with Crippen LogP contribution in [-0.4, -0.2) is 66.1 Å². The number of carbonyl (C=O) groups is 2. The Balaban J connectivity index is 1.49. The van der Waals surface area contributed by atoms with Crippen LogP contribution in [0.25, 0.3) is 0 Å². The summed E-state index contributed by atoms with van der Waals surface area (Å²) in [5.41, 5.74) is -0.618. The molecular formula is C20H35BN2O4. The average molecular weight is 378 g/mol. The van der Waals surface area contributed by atoms with Crippen molar-refractivity contribution in [2.45, 2.75) is 89.7 Å². The van der Waals surface area contributed by atoms with Gasteiger partial charge in [-0.3, -0.25) is 9.59 Å². The molecule has 0 radical (unpaired) electrons. The number of nitrogens with zero attached hydrogens (tertiary/aromatic N) is 2. The van der Waals surface area contributed by atoms with Crippen LogP contribution in [-0.2, 0) is 18.9 Å². The van der Waals surface area contributed by atoms with Crippen molar-refractivity contribution >= 4 is 18.9 Å². The Bertz CT molecular complexity index is 542. The second-order valence-corrected chi connectivity index (χ2v) is 9.32. The fraction of sp³-hybridized carbons (Fsp3) is 0.900. The Labute approximate surface area is 164 Å². The van der Waals surface area contributed by atoms with Crippen LogP contribution in [0.2, 0.25) is 5.82 Å².